The van der Waals surface area contributed by atoms with Gasteiger partial charge >= 0.3 is 0 Å². The van der Waals surface area contributed by atoms with E-state index in [2.05, 4.69) is 4.98 Å². The fraction of sp³-hybridized carbons (Fsp3) is 0. The first-order chi connectivity index (χ1) is 9.75. The van der Waals surface area contributed by atoms with Crippen molar-refractivity contribution in [3.8, 4) is 11.5 Å². The molecular formula is C16H13N3O. The molecule has 1 heterocycles. The molecule has 3 aromatic rings. The molecule has 1 aromatic heterocycles. The van der Waals surface area contributed by atoms with Crippen LogP contribution in [0.2, 0.25) is 0 Å². The van der Waals surface area contributed by atoms with E-state index in [1.807, 2.05) is 42.5 Å². The summed E-state index contributed by atoms with van der Waals surface area (Å²) in [6, 6.07) is 16.8. The summed E-state index contributed by atoms with van der Waals surface area (Å²) in [5, 5.41) is 8.51. The van der Waals surface area contributed by atoms with Crippen LogP contribution < -0.4 is 10.5 Å². The second kappa shape index (κ2) is 5.01. The van der Waals surface area contributed by atoms with Crippen LogP contribution in [0, 0.1) is 5.41 Å². The Morgan fingerprint density at radius 3 is 2.60 bits per heavy atom. The molecule has 0 aliphatic carbocycles. The van der Waals surface area contributed by atoms with Gasteiger partial charge in [-0.25, -0.2) is 0 Å². The van der Waals surface area contributed by atoms with Gasteiger partial charge in [0, 0.05) is 11.6 Å². The summed E-state index contributed by atoms with van der Waals surface area (Å²) in [5.74, 6) is 1.25. The minimum absolute atomic E-state index is 0.0149. The van der Waals surface area contributed by atoms with Gasteiger partial charge in [-0.15, -0.1) is 0 Å². The maximum absolute atomic E-state index is 7.59. The molecule has 4 nitrogen and oxygen atoms in total. The Bertz CT molecular complexity index is 778. The van der Waals surface area contributed by atoms with Crippen molar-refractivity contribution in [2.75, 3.05) is 0 Å². The van der Waals surface area contributed by atoms with Crippen LogP contribution >= 0.6 is 0 Å². The first kappa shape index (κ1) is 12.2. The zero-order chi connectivity index (χ0) is 13.9. The highest BCUT2D eigenvalue weighted by Gasteiger charge is 2.09. The van der Waals surface area contributed by atoms with E-state index in [4.69, 9.17) is 15.9 Å². The maximum atomic E-state index is 7.59. The lowest BCUT2D eigenvalue weighted by molar-refractivity contribution is 0.487. The summed E-state index contributed by atoms with van der Waals surface area (Å²) in [6.45, 7) is 0. The third kappa shape index (κ3) is 2.19. The molecule has 0 bridgehead atoms. The Labute approximate surface area is 116 Å². The normalized spacial score (nSPS) is 10.4. The first-order valence-electron chi connectivity index (χ1n) is 6.21. The van der Waals surface area contributed by atoms with E-state index < -0.39 is 0 Å². The van der Waals surface area contributed by atoms with E-state index >= 15 is 0 Å². The van der Waals surface area contributed by atoms with Crippen LogP contribution in [0.25, 0.3) is 10.9 Å². The molecular weight excluding hydrogens is 250 g/mol. The smallest absolute Gasteiger partial charge is 0.138 e. The number of hydrogen-bond acceptors (Lipinski definition) is 3. The summed E-state index contributed by atoms with van der Waals surface area (Å²) in [5.41, 5.74) is 7.02. The summed E-state index contributed by atoms with van der Waals surface area (Å²) < 4.78 is 5.92. The average Bonchev–Trinajstić information content (AvgIpc) is 2.48. The van der Waals surface area contributed by atoms with Crippen molar-refractivity contribution in [2.45, 2.75) is 0 Å². The third-order valence-electron chi connectivity index (χ3n) is 3.00. The molecule has 0 unspecified atom stereocenters. The Kier molecular flexibility index (Phi) is 3.05. The van der Waals surface area contributed by atoms with Gasteiger partial charge in [-0.1, -0.05) is 18.2 Å². The molecule has 3 N–H and O–H groups in total. The molecule has 2 aromatic carbocycles. The highest BCUT2D eigenvalue weighted by molar-refractivity contribution is 5.98. The van der Waals surface area contributed by atoms with Gasteiger partial charge in [-0.05, 0) is 36.4 Å². The van der Waals surface area contributed by atoms with Crippen molar-refractivity contribution in [2.24, 2.45) is 5.73 Å². The van der Waals surface area contributed by atoms with Crippen LogP contribution in [0.5, 0.6) is 11.5 Å². The third-order valence-corrected chi connectivity index (χ3v) is 3.00. The Morgan fingerprint density at radius 1 is 0.950 bits per heavy atom. The number of para-hydroxylation sites is 1. The first-order valence-corrected chi connectivity index (χ1v) is 6.21. The van der Waals surface area contributed by atoms with Crippen molar-refractivity contribution >= 4 is 16.7 Å². The summed E-state index contributed by atoms with van der Waals surface area (Å²) in [6.07, 6.45) is 1.75. The second-order valence-corrected chi connectivity index (χ2v) is 4.34. The molecule has 0 saturated heterocycles. The monoisotopic (exact) mass is 263 g/mol. The number of nitrogens with two attached hydrogens (primary N) is 1. The van der Waals surface area contributed by atoms with Crippen molar-refractivity contribution in [1.82, 2.24) is 4.98 Å². The Hall–Kier alpha value is -2.88. The molecule has 0 amide bonds. The van der Waals surface area contributed by atoms with E-state index in [-0.39, 0.29) is 5.84 Å². The van der Waals surface area contributed by atoms with E-state index in [1.54, 1.807) is 18.3 Å². The molecule has 3 rings (SSSR count). The second-order valence-electron chi connectivity index (χ2n) is 4.34. The number of aromatic nitrogens is 1. The number of amidine groups is 1. The molecule has 0 fully saturated rings. The maximum Gasteiger partial charge on any atom is 0.138 e. The van der Waals surface area contributed by atoms with Crippen molar-refractivity contribution < 1.29 is 4.74 Å². The van der Waals surface area contributed by atoms with Crippen LogP contribution in [-0.2, 0) is 0 Å². The topological polar surface area (TPSA) is 72.0 Å². The zero-order valence-electron chi connectivity index (χ0n) is 10.7. The van der Waals surface area contributed by atoms with E-state index in [1.165, 1.54) is 0 Å². The van der Waals surface area contributed by atoms with Crippen LogP contribution in [-0.4, -0.2) is 10.8 Å². The van der Waals surface area contributed by atoms with Gasteiger partial charge in [0.15, 0.2) is 0 Å². The molecule has 0 radical (unpaired) electrons. The van der Waals surface area contributed by atoms with Gasteiger partial charge in [-0.2, -0.15) is 0 Å². The van der Waals surface area contributed by atoms with E-state index in [9.17, 15) is 0 Å². The minimum Gasteiger partial charge on any atom is -0.456 e. The number of rotatable bonds is 3. The highest BCUT2D eigenvalue weighted by atomic mass is 16.5. The molecule has 20 heavy (non-hydrogen) atoms. The Morgan fingerprint density at radius 2 is 1.75 bits per heavy atom. The van der Waals surface area contributed by atoms with Crippen LogP contribution in [0.1, 0.15) is 5.56 Å². The SMILES string of the molecule is N=C(N)c1ccccc1Oc1cccc2ncccc12. The van der Waals surface area contributed by atoms with Crippen molar-refractivity contribution in [3.05, 3.63) is 66.4 Å². The molecule has 0 aliphatic heterocycles. The predicted molar refractivity (Wildman–Crippen MR) is 79.3 cm³/mol. The molecule has 0 atom stereocenters. The van der Waals surface area contributed by atoms with E-state index in [0.29, 0.717) is 17.1 Å². The predicted octanol–water partition coefficient (Wildman–Crippen LogP) is 3.31. The van der Waals surface area contributed by atoms with Gasteiger partial charge in [0.05, 0.1) is 11.1 Å². The number of nitrogens with zero attached hydrogens (tertiary/aromatic N) is 1. The minimum atomic E-state index is -0.0149. The molecule has 0 spiro atoms. The molecule has 98 valence electrons. The zero-order valence-corrected chi connectivity index (χ0v) is 10.7. The standard InChI is InChI=1S/C16H13N3O/c17-16(18)12-5-1-2-8-15(12)20-14-9-3-7-13-11(14)6-4-10-19-13/h1-10H,(H3,17,18). The van der Waals surface area contributed by atoms with Gasteiger partial charge in [0.25, 0.3) is 0 Å². The van der Waals surface area contributed by atoms with Crippen LogP contribution in [0.4, 0.5) is 0 Å². The number of pyridine rings is 1. The van der Waals surface area contributed by atoms with Crippen molar-refractivity contribution in [1.29, 1.82) is 5.41 Å². The quantitative estimate of drug-likeness (QED) is 0.562. The molecule has 0 aliphatic rings. The van der Waals surface area contributed by atoms with Crippen LogP contribution in [0.15, 0.2) is 60.8 Å². The number of ether oxygens (including phenoxy) is 1. The van der Waals surface area contributed by atoms with Gasteiger partial charge in [0.1, 0.15) is 17.3 Å². The highest BCUT2D eigenvalue weighted by Crippen LogP contribution is 2.30. The van der Waals surface area contributed by atoms with Gasteiger partial charge < -0.3 is 10.5 Å². The lowest BCUT2D eigenvalue weighted by Crippen LogP contribution is -2.12. The lowest BCUT2D eigenvalue weighted by Gasteiger charge is -2.11. The number of benzene rings is 2. The summed E-state index contributed by atoms with van der Waals surface area (Å²) in [7, 11) is 0. The number of fused-ring (bicyclic) bond motifs is 1. The largest absolute Gasteiger partial charge is 0.456 e. The average molecular weight is 263 g/mol. The van der Waals surface area contributed by atoms with Crippen molar-refractivity contribution in [3.63, 3.8) is 0 Å². The van der Waals surface area contributed by atoms with E-state index in [0.717, 1.165) is 10.9 Å². The number of hydrogen-bond donors (Lipinski definition) is 2. The fourth-order valence-electron chi connectivity index (χ4n) is 2.06. The van der Waals surface area contributed by atoms with Gasteiger partial charge in [-0.3, -0.25) is 10.4 Å². The molecule has 0 saturated carbocycles. The lowest BCUT2D eigenvalue weighted by atomic mass is 10.1. The van der Waals surface area contributed by atoms with Crippen LogP contribution in [0.3, 0.4) is 0 Å². The fourth-order valence-corrected chi connectivity index (χ4v) is 2.06. The Balaban J connectivity index is 2.08. The summed E-state index contributed by atoms with van der Waals surface area (Å²) >= 11 is 0. The van der Waals surface area contributed by atoms with Gasteiger partial charge in [0.2, 0.25) is 0 Å². The summed E-state index contributed by atoms with van der Waals surface area (Å²) in [4.78, 5) is 4.29. The number of nitrogens with one attached hydrogen (secondary N) is 1. The molecule has 4 heteroatoms. The number of nitrogen functional groups attached to an aromatic ring is 1.